The van der Waals surface area contributed by atoms with Gasteiger partial charge in [0.2, 0.25) is 0 Å². The molecule has 1 unspecified atom stereocenters. The number of nitrogens with two attached hydrogens (primary N) is 1. The Balaban J connectivity index is 2.28. The minimum atomic E-state index is -0.0318. The third-order valence-corrected chi connectivity index (χ3v) is 4.79. The number of nitrogens with one attached hydrogen (secondary N) is 1. The van der Waals surface area contributed by atoms with Crippen molar-refractivity contribution in [2.75, 3.05) is 7.11 Å². The molecule has 3 N–H and O–H groups in total. The van der Waals surface area contributed by atoms with Crippen molar-refractivity contribution in [1.29, 1.82) is 0 Å². The number of benzene rings is 1. The second-order valence-corrected chi connectivity index (χ2v) is 6.28. The number of rotatable bonds is 5. The summed E-state index contributed by atoms with van der Waals surface area (Å²) in [6.45, 7) is 0. The first-order valence-corrected chi connectivity index (χ1v) is 7.72. The van der Waals surface area contributed by atoms with E-state index in [2.05, 4.69) is 21.4 Å². The van der Waals surface area contributed by atoms with Gasteiger partial charge in [0.15, 0.2) is 0 Å². The Bertz CT molecular complexity index is 561. The van der Waals surface area contributed by atoms with Crippen LogP contribution in [-0.2, 0) is 6.42 Å². The monoisotopic (exact) mass is 360 g/mol. The molecular formula is C13H14BrClN2OS. The highest BCUT2D eigenvalue weighted by Gasteiger charge is 2.17. The Kier molecular flexibility index (Phi) is 5.24. The Morgan fingerprint density at radius 1 is 1.47 bits per heavy atom. The highest BCUT2D eigenvalue weighted by atomic mass is 79.9. The largest absolute Gasteiger partial charge is 0.496 e. The molecule has 1 heterocycles. The molecule has 3 nitrogen and oxygen atoms in total. The zero-order valence-corrected chi connectivity index (χ0v) is 13.5. The van der Waals surface area contributed by atoms with E-state index in [1.165, 1.54) is 0 Å². The first-order chi connectivity index (χ1) is 9.15. The number of halogens is 2. The number of thiophene rings is 1. The summed E-state index contributed by atoms with van der Waals surface area (Å²) < 4.78 is 6.38. The summed E-state index contributed by atoms with van der Waals surface area (Å²) in [5.41, 5.74) is 3.89. The molecule has 0 radical (unpaired) electrons. The summed E-state index contributed by atoms with van der Waals surface area (Å²) in [5.74, 6) is 6.50. The lowest BCUT2D eigenvalue weighted by molar-refractivity contribution is 0.406. The Morgan fingerprint density at radius 3 is 2.84 bits per heavy atom. The fourth-order valence-corrected chi connectivity index (χ4v) is 3.57. The molecule has 19 heavy (non-hydrogen) atoms. The van der Waals surface area contributed by atoms with Gasteiger partial charge >= 0.3 is 0 Å². The van der Waals surface area contributed by atoms with Gasteiger partial charge in [-0.3, -0.25) is 11.3 Å². The van der Waals surface area contributed by atoms with Crippen LogP contribution < -0.4 is 16.0 Å². The topological polar surface area (TPSA) is 47.3 Å². The summed E-state index contributed by atoms with van der Waals surface area (Å²) in [7, 11) is 1.66. The van der Waals surface area contributed by atoms with Crippen LogP contribution >= 0.6 is 38.9 Å². The van der Waals surface area contributed by atoms with Gasteiger partial charge in [0.05, 0.1) is 18.2 Å². The van der Waals surface area contributed by atoms with Crippen molar-refractivity contribution in [2.24, 2.45) is 5.84 Å². The second-order valence-electron chi connectivity index (χ2n) is 4.01. The quantitative estimate of drug-likeness (QED) is 0.627. The van der Waals surface area contributed by atoms with E-state index in [1.807, 2.05) is 29.6 Å². The van der Waals surface area contributed by atoms with Crippen LogP contribution in [0.25, 0.3) is 0 Å². The average Bonchev–Trinajstić information content (AvgIpc) is 2.82. The van der Waals surface area contributed by atoms with E-state index in [9.17, 15) is 0 Å². The van der Waals surface area contributed by atoms with Crippen LogP contribution in [0.15, 0.2) is 34.1 Å². The van der Waals surface area contributed by atoms with E-state index in [1.54, 1.807) is 18.4 Å². The normalized spacial score (nSPS) is 12.4. The van der Waals surface area contributed by atoms with E-state index in [0.717, 1.165) is 25.7 Å². The summed E-state index contributed by atoms with van der Waals surface area (Å²) in [6.07, 6.45) is 0.708. The van der Waals surface area contributed by atoms with Gasteiger partial charge in [0, 0.05) is 9.35 Å². The number of hydrogen-bond donors (Lipinski definition) is 2. The molecule has 0 aliphatic heterocycles. The summed E-state index contributed by atoms with van der Waals surface area (Å²) in [5, 5.41) is 2.70. The molecule has 2 rings (SSSR count). The van der Waals surface area contributed by atoms with Crippen LogP contribution in [0.1, 0.15) is 16.5 Å². The standard InChI is InChI=1S/C13H14BrClN2OS/c1-18-12-3-2-9(14)6-8(12)7-11(17-16)13-10(15)4-5-19-13/h2-6,11,17H,7,16H2,1H3. The average molecular weight is 362 g/mol. The fourth-order valence-electron chi connectivity index (χ4n) is 1.91. The van der Waals surface area contributed by atoms with Gasteiger partial charge in [-0.1, -0.05) is 27.5 Å². The van der Waals surface area contributed by atoms with Gasteiger partial charge in [-0.25, -0.2) is 0 Å². The molecular weight excluding hydrogens is 348 g/mol. The van der Waals surface area contributed by atoms with Gasteiger partial charge in [-0.15, -0.1) is 11.3 Å². The number of hydrazine groups is 1. The maximum Gasteiger partial charge on any atom is 0.122 e. The molecule has 0 aliphatic carbocycles. The van der Waals surface area contributed by atoms with Gasteiger partial charge < -0.3 is 4.74 Å². The van der Waals surface area contributed by atoms with Crippen molar-refractivity contribution >= 4 is 38.9 Å². The van der Waals surface area contributed by atoms with Gasteiger partial charge in [-0.05, 0) is 41.6 Å². The maximum absolute atomic E-state index is 6.16. The zero-order valence-electron chi connectivity index (χ0n) is 10.3. The highest BCUT2D eigenvalue weighted by molar-refractivity contribution is 9.10. The molecule has 2 aromatic rings. The summed E-state index contributed by atoms with van der Waals surface area (Å²) in [4.78, 5) is 1.03. The van der Waals surface area contributed by atoms with E-state index < -0.39 is 0 Å². The van der Waals surface area contributed by atoms with Crippen molar-refractivity contribution in [3.05, 3.63) is 49.6 Å². The lowest BCUT2D eigenvalue weighted by Crippen LogP contribution is -2.29. The lowest BCUT2D eigenvalue weighted by atomic mass is 10.0. The molecule has 0 aliphatic rings. The first kappa shape index (κ1) is 14.8. The summed E-state index contributed by atoms with van der Waals surface area (Å²) in [6, 6.07) is 7.76. The minimum Gasteiger partial charge on any atom is -0.496 e. The molecule has 1 atom stereocenters. The molecule has 0 bridgehead atoms. The van der Waals surface area contributed by atoms with Gasteiger partial charge in [0.25, 0.3) is 0 Å². The highest BCUT2D eigenvalue weighted by Crippen LogP contribution is 2.33. The maximum atomic E-state index is 6.16. The van der Waals surface area contributed by atoms with Crippen molar-refractivity contribution in [2.45, 2.75) is 12.5 Å². The predicted molar refractivity (Wildman–Crippen MR) is 83.8 cm³/mol. The van der Waals surface area contributed by atoms with Gasteiger partial charge in [-0.2, -0.15) is 0 Å². The van der Waals surface area contributed by atoms with E-state index in [4.69, 9.17) is 22.2 Å². The smallest absolute Gasteiger partial charge is 0.122 e. The molecule has 0 amide bonds. The Labute approximate surface area is 129 Å². The molecule has 6 heteroatoms. The van der Waals surface area contributed by atoms with Gasteiger partial charge in [0.1, 0.15) is 5.75 Å². The molecule has 1 aromatic heterocycles. The molecule has 0 saturated heterocycles. The SMILES string of the molecule is COc1ccc(Br)cc1CC(NN)c1sccc1Cl. The van der Waals surface area contributed by atoms with Crippen LogP contribution in [0.3, 0.4) is 0 Å². The van der Waals surface area contributed by atoms with E-state index in [0.29, 0.717) is 6.42 Å². The molecule has 0 saturated carbocycles. The van der Waals surface area contributed by atoms with E-state index >= 15 is 0 Å². The van der Waals surface area contributed by atoms with Crippen LogP contribution in [0.4, 0.5) is 0 Å². The third kappa shape index (κ3) is 3.49. The van der Waals surface area contributed by atoms with Crippen LogP contribution in [-0.4, -0.2) is 7.11 Å². The van der Waals surface area contributed by atoms with E-state index in [-0.39, 0.29) is 6.04 Å². The lowest BCUT2D eigenvalue weighted by Gasteiger charge is -2.17. The van der Waals surface area contributed by atoms with Crippen molar-refractivity contribution in [1.82, 2.24) is 5.43 Å². The molecule has 0 fully saturated rings. The van der Waals surface area contributed by atoms with Crippen LogP contribution in [0, 0.1) is 0 Å². The van der Waals surface area contributed by atoms with Crippen molar-refractivity contribution in [3.63, 3.8) is 0 Å². The second kappa shape index (κ2) is 6.72. The Hall–Kier alpha value is -0.590. The zero-order chi connectivity index (χ0) is 13.8. The van der Waals surface area contributed by atoms with Crippen molar-refractivity contribution < 1.29 is 4.74 Å². The van der Waals surface area contributed by atoms with Crippen molar-refractivity contribution in [3.8, 4) is 5.75 Å². The van der Waals surface area contributed by atoms with Crippen LogP contribution in [0.2, 0.25) is 5.02 Å². The molecule has 102 valence electrons. The first-order valence-electron chi connectivity index (χ1n) is 5.67. The number of hydrogen-bond acceptors (Lipinski definition) is 4. The Morgan fingerprint density at radius 2 is 2.26 bits per heavy atom. The minimum absolute atomic E-state index is 0.0318. The fraction of sp³-hybridized carbons (Fsp3) is 0.231. The number of methoxy groups -OCH3 is 1. The third-order valence-electron chi connectivity index (χ3n) is 2.83. The molecule has 0 spiro atoms. The predicted octanol–water partition coefficient (Wildman–Crippen LogP) is 3.92. The molecule has 1 aromatic carbocycles. The number of ether oxygens (including phenoxy) is 1. The summed E-state index contributed by atoms with van der Waals surface area (Å²) >= 11 is 11.2. The van der Waals surface area contributed by atoms with Crippen LogP contribution in [0.5, 0.6) is 5.75 Å².